The van der Waals surface area contributed by atoms with E-state index < -0.39 is 0 Å². The van der Waals surface area contributed by atoms with E-state index in [1.165, 1.54) is 12.1 Å². The molecule has 2 rings (SSSR count). The van der Waals surface area contributed by atoms with Crippen molar-refractivity contribution < 1.29 is 13.9 Å². The van der Waals surface area contributed by atoms with E-state index in [2.05, 4.69) is 38.0 Å². The van der Waals surface area contributed by atoms with Crippen molar-refractivity contribution in [3.8, 4) is 5.88 Å². The van der Waals surface area contributed by atoms with Crippen LogP contribution in [0.15, 0.2) is 36.4 Å². The Hall–Kier alpha value is -1.69. The van der Waals surface area contributed by atoms with E-state index in [1.807, 2.05) is 6.07 Å². The monoisotopic (exact) mass is 380 g/mol. The minimum Gasteiger partial charge on any atom is -0.473 e. The molecule has 1 N–H and O–H groups in total. The van der Waals surface area contributed by atoms with Crippen LogP contribution in [0.1, 0.15) is 45.0 Å². The molecule has 0 aliphatic carbocycles. The highest BCUT2D eigenvalue weighted by Crippen LogP contribution is 2.28. The summed E-state index contributed by atoms with van der Waals surface area (Å²) in [6.07, 6.45) is -0.374. The summed E-state index contributed by atoms with van der Waals surface area (Å²) < 4.78 is 24.4. The fourth-order valence-electron chi connectivity index (χ4n) is 2.25. The molecule has 2 aromatic rings. The number of hydrogen-bond acceptors (Lipinski definition) is 4. The standard InChI is InChI=1S/C20H26ClFN2O2/c1-13(20(2,3)4)23-19(25-5)16-9-10-17(24-18(16)21)26-12-14-7-6-8-15(22)11-14/h6-11,13,19,23H,12H2,1-5H3. The van der Waals surface area contributed by atoms with Gasteiger partial charge in [-0.2, -0.15) is 0 Å². The molecule has 1 aromatic carbocycles. The predicted molar refractivity (Wildman–Crippen MR) is 102 cm³/mol. The van der Waals surface area contributed by atoms with Crippen LogP contribution < -0.4 is 10.1 Å². The van der Waals surface area contributed by atoms with Crippen LogP contribution >= 0.6 is 11.6 Å². The van der Waals surface area contributed by atoms with Gasteiger partial charge in [0.15, 0.2) is 0 Å². The van der Waals surface area contributed by atoms with Gasteiger partial charge in [0, 0.05) is 24.8 Å². The third kappa shape index (κ3) is 5.66. The lowest BCUT2D eigenvalue weighted by Crippen LogP contribution is -2.40. The second kappa shape index (κ2) is 8.80. The topological polar surface area (TPSA) is 43.4 Å². The van der Waals surface area contributed by atoms with Gasteiger partial charge >= 0.3 is 0 Å². The SMILES string of the molecule is COC(NC(C)C(C)(C)C)c1ccc(OCc2cccc(F)c2)nc1Cl. The molecule has 26 heavy (non-hydrogen) atoms. The van der Waals surface area contributed by atoms with Gasteiger partial charge in [0.25, 0.3) is 0 Å². The maximum absolute atomic E-state index is 13.2. The van der Waals surface area contributed by atoms with Gasteiger partial charge in [0.1, 0.15) is 23.8 Å². The maximum Gasteiger partial charge on any atom is 0.214 e. The largest absolute Gasteiger partial charge is 0.473 e. The molecule has 2 unspecified atom stereocenters. The van der Waals surface area contributed by atoms with E-state index in [9.17, 15) is 4.39 Å². The second-order valence-corrected chi connectivity index (χ2v) is 7.68. The first-order chi connectivity index (χ1) is 12.2. The summed E-state index contributed by atoms with van der Waals surface area (Å²) in [5.41, 5.74) is 1.54. The second-order valence-electron chi connectivity index (χ2n) is 7.32. The minimum atomic E-state index is -0.374. The summed E-state index contributed by atoms with van der Waals surface area (Å²) in [5.74, 6) is 0.0798. The Labute approximate surface area is 159 Å². The normalized spacial score (nSPS) is 14.1. The Balaban J connectivity index is 2.07. The molecule has 4 nitrogen and oxygen atoms in total. The van der Waals surface area contributed by atoms with Gasteiger partial charge in [-0.05, 0) is 36.1 Å². The van der Waals surface area contributed by atoms with Crippen molar-refractivity contribution in [1.82, 2.24) is 10.3 Å². The van der Waals surface area contributed by atoms with E-state index >= 15 is 0 Å². The van der Waals surface area contributed by atoms with Crippen molar-refractivity contribution in [2.75, 3.05) is 7.11 Å². The zero-order valence-electron chi connectivity index (χ0n) is 15.8. The molecule has 0 aliphatic heterocycles. The van der Waals surface area contributed by atoms with Crippen molar-refractivity contribution in [2.45, 2.75) is 46.6 Å². The van der Waals surface area contributed by atoms with Crippen molar-refractivity contribution in [3.05, 3.63) is 58.5 Å². The summed E-state index contributed by atoms with van der Waals surface area (Å²) in [7, 11) is 1.62. The van der Waals surface area contributed by atoms with Crippen LogP contribution in [0.5, 0.6) is 5.88 Å². The fourth-order valence-corrected chi connectivity index (χ4v) is 2.50. The Morgan fingerprint density at radius 2 is 1.96 bits per heavy atom. The smallest absolute Gasteiger partial charge is 0.214 e. The minimum absolute atomic E-state index is 0.0741. The van der Waals surface area contributed by atoms with Crippen molar-refractivity contribution in [3.63, 3.8) is 0 Å². The summed E-state index contributed by atoms with van der Waals surface area (Å²) in [6.45, 7) is 8.78. The molecule has 0 fully saturated rings. The number of ether oxygens (including phenoxy) is 2. The molecule has 0 aliphatic rings. The Kier molecular flexibility index (Phi) is 6.98. The van der Waals surface area contributed by atoms with Gasteiger partial charge in [0.05, 0.1) is 0 Å². The van der Waals surface area contributed by atoms with E-state index in [-0.39, 0.29) is 30.1 Å². The average molecular weight is 381 g/mol. The third-order valence-corrected chi connectivity index (χ3v) is 4.65. The van der Waals surface area contributed by atoms with E-state index in [0.29, 0.717) is 11.0 Å². The van der Waals surface area contributed by atoms with Gasteiger partial charge < -0.3 is 9.47 Å². The lowest BCUT2D eigenvalue weighted by atomic mass is 9.88. The van der Waals surface area contributed by atoms with Crippen molar-refractivity contribution in [2.24, 2.45) is 5.41 Å². The Morgan fingerprint density at radius 3 is 2.54 bits per heavy atom. The Morgan fingerprint density at radius 1 is 1.23 bits per heavy atom. The number of rotatable bonds is 7. The molecule has 0 saturated heterocycles. The van der Waals surface area contributed by atoms with E-state index in [4.69, 9.17) is 21.1 Å². The average Bonchev–Trinajstić information content (AvgIpc) is 2.57. The third-order valence-electron chi connectivity index (χ3n) is 4.35. The van der Waals surface area contributed by atoms with E-state index in [0.717, 1.165) is 11.1 Å². The van der Waals surface area contributed by atoms with Gasteiger partial charge in [-0.3, -0.25) is 5.32 Å². The number of halogens is 2. The number of aromatic nitrogens is 1. The van der Waals surface area contributed by atoms with Gasteiger partial charge in [-0.25, -0.2) is 9.37 Å². The van der Waals surface area contributed by atoms with Gasteiger partial charge in [-0.1, -0.05) is 44.5 Å². The van der Waals surface area contributed by atoms with Gasteiger partial charge in [0.2, 0.25) is 5.88 Å². The molecule has 0 radical (unpaired) electrons. The zero-order valence-corrected chi connectivity index (χ0v) is 16.6. The van der Waals surface area contributed by atoms with Crippen molar-refractivity contribution in [1.29, 1.82) is 0 Å². The van der Waals surface area contributed by atoms with Crippen LogP contribution in [0, 0.1) is 11.2 Å². The quantitative estimate of drug-likeness (QED) is 0.534. The Bertz CT molecular complexity index is 734. The number of nitrogens with zero attached hydrogens (tertiary/aromatic N) is 1. The highest BCUT2D eigenvalue weighted by Gasteiger charge is 2.25. The lowest BCUT2D eigenvalue weighted by molar-refractivity contribution is 0.0487. The summed E-state index contributed by atoms with van der Waals surface area (Å²) in [6, 6.07) is 10.0. The van der Waals surface area contributed by atoms with Gasteiger partial charge in [-0.15, -0.1) is 0 Å². The molecule has 0 amide bonds. The summed E-state index contributed by atoms with van der Waals surface area (Å²) >= 11 is 6.34. The molecular formula is C20H26ClFN2O2. The van der Waals surface area contributed by atoms with Crippen molar-refractivity contribution >= 4 is 11.6 Å². The maximum atomic E-state index is 13.2. The molecule has 0 bridgehead atoms. The highest BCUT2D eigenvalue weighted by atomic mass is 35.5. The van der Waals surface area contributed by atoms with Crippen LogP contribution in [-0.4, -0.2) is 18.1 Å². The van der Waals surface area contributed by atoms with Crippen LogP contribution in [-0.2, 0) is 11.3 Å². The molecule has 6 heteroatoms. The first-order valence-electron chi connectivity index (χ1n) is 8.53. The summed E-state index contributed by atoms with van der Waals surface area (Å²) in [5, 5.41) is 3.73. The molecule has 2 atom stereocenters. The number of pyridine rings is 1. The molecule has 1 heterocycles. The first kappa shape index (κ1) is 20.6. The van der Waals surface area contributed by atoms with E-state index in [1.54, 1.807) is 25.3 Å². The number of hydrogen-bond donors (Lipinski definition) is 1. The van der Waals surface area contributed by atoms with Crippen LogP contribution in [0.3, 0.4) is 0 Å². The molecule has 142 valence electrons. The highest BCUT2D eigenvalue weighted by molar-refractivity contribution is 6.30. The number of benzene rings is 1. The zero-order chi connectivity index (χ0) is 19.3. The first-order valence-corrected chi connectivity index (χ1v) is 8.91. The van der Waals surface area contributed by atoms with Crippen LogP contribution in [0.4, 0.5) is 4.39 Å². The molecule has 1 aromatic heterocycles. The number of methoxy groups -OCH3 is 1. The molecule has 0 spiro atoms. The fraction of sp³-hybridized carbons (Fsp3) is 0.450. The predicted octanol–water partition coefficient (Wildman–Crippen LogP) is 5.12. The van der Waals surface area contributed by atoms with Crippen LogP contribution in [0.2, 0.25) is 5.15 Å². The van der Waals surface area contributed by atoms with Crippen LogP contribution in [0.25, 0.3) is 0 Å². The molecular weight excluding hydrogens is 355 g/mol. The summed E-state index contributed by atoms with van der Waals surface area (Å²) in [4.78, 5) is 4.28. The molecule has 0 saturated carbocycles. The lowest BCUT2D eigenvalue weighted by Gasteiger charge is -2.32. The number of nitrogens with one attached hydrogen (secondary N) is 1.